The molecule has 1 aliphatic rings. The highest BCUT2D eigenvalue weighted by atomic mass is 32.2. The number of amides is 2. The molecule has 46 heavy (non-hydrogen) atoms. The number of ether oxygens (including phenoxy) is 1. The molecule has 0 bridgehead atoms. The van der Waals surface area contributed by atoms with Gasteiger partial charge >= 0.3 is 12.4 Å². The number of aliphatic hydroxyl groups excluding tert-OH is 1. The predicted molar refractivity (Wildman–Crippen MR) is 169 cm³/mol. The number of halogens is 3. The third-order valence-electron chi connectivity index (χ3n) is 7.21. The number of carbonyl (C=O) groups excluding carboxylic acids is 1. The summed E-state index contributed by atoms with van der Waals surface area (Å²) in [4.78, 5) is 23.0. The van der Waals surface area contributed by atoms with Gasteiger partial charge in [0, 0.05) is 23.5 Å². The molecule has 4 aromatic rings. The number of benzene rings is 3. The number of hydrogen-bond acceptors (Lipinski definition) is 7. The second-order valence-corrected chi connectivity index (χ2v) is 11.7. The number of aromatic nitrogens is 3. The number of nitrogens with one attached hydrogen (secondary N) is 1. The highest BCUT2D eigenvalue weighted by Gasteiger charge is 2.33. The summed E-state index contributed by atoms with van der Waals surface area (Å²) in [7, 11) is 0. The van der Waals surface area contributed by atoms with E-state index in [1.165, 1.54) is 47.0 Å². The van der Waals surface area contributed by atoms with Crippen LogP contribution in [0.2, 0.25) is 0 Å². The topological polar surface area (TPSA) is 129 Å². The van der Waals surface area contributed by atoms with Crippen LogP contribution in [0, 0.1) is 18.3 Å². The molecule has 3 aromatic carbocycles. The molecule has 10 nitrogen and oxygen atoms in total. The molecule has 0 aliphatic carbocycles. The summed E-state index contributed by atoms with van der Waals surface area (Å²) in [6.07, 6.45) is -4.18. The van der Waals surface area contributed by atoms with Crippen LogP contribution < -0.4 is 15.0 Å². The number of rotatable bonds is 8. The van der Waals surface area contributed by atoms with Crippen LogP contribution in [0.15, 0.2) is 78.0 Å². The Morgan fingerprint density at radius 1 is 1.17 bits per heavy atom. The molecule has 1 fully saturated rings. The summed E-state index contributed by atoms with van der Waals surface area (Å²) in [5, 5.41) is 28.0. The fraction of sp³-hybridized carbons (Fsp3) is 0.281. The van der Waals surface area contributed by atoms with E-state index in [0.29, 0.717) is 33.6 Å². The zero-order chi connectivity index (χ0) is 33.0. The number of anilines is 1. The number of thioether (sulfide) groups is 1. The lowest BCUT2D eigenvalue weighted by Crippen LogP contribution is -2.36. The van der Waals surface area contributed by atoms with Crippen molar-refractivity contribution in [2.45, 2.75) is 45.2 Å². The van der Waals surface area contributed by atoms with Crippen LogP contribution >= 0.6 is 11.8 Å². The normalized spacial score (nSPS) is 16.5. The van der Waals surface area contributed by atoms with E-state index in [1.807, 2.05) is 25.1 Å². The Bertz CT molecular complexity index is 1770. The minimum absolute atomic E-state index is 0.0152. The summed E-state index contributed by atoms with van der Waals surface area (Å²) in [6.45, 7) is 6.18. The molecule has 1 saturated heterocycles. The Morgan fingerprint density at radius 3 is 2.54 bits per heavy atom. The average molecular weight is 650 g/mol. The Hall–Kier alpha value is -4.87. The van der Waals surface area contributed by atoms with Gasteiger partial charge in [0.15, 0.2) is 11.0 Å². The van der Waals surface area contributed by atoms with Crippen molar-refractivity contribution in [3.8, 4) is 28.9 Å². The van der Waals surface area contributed by atoms with Crippen LogP contribution in [-0.4, -0.2) is 56.0 Å². The monoisotopic (exact) mass is 649 g/mol. The van der Waals surface area contributed by atoms with Gasteiger partial charge < -0.3 is 15.2 Å². The molecule has 0 spiro atoms. The summed E-state index contributed by atoms with van der Waals surface area (Å²) >= 11 is 1.29. The van der Waals surface area contributed by atoms with Gasteiger partial charge in [-0.05, 0) is 59.9 Å². The molecule has 14 heteroatoms. The second-order valence-electron chi connectivity index (χ2n) is 10.8. The highest BCUT2D eigenvalue weighted by molar-refractivity contribution is 8.14. The number of hydrogen-bond donors (Lipinski definition) is 2. The Balaban J connectivity index is 1.23. The standard InChI is InChI=1S/C32H30F3N7O3S/c1-19(2)28-20(3)5-4-6-26(28)42-27(43)17-46-31(42)39-30(44)37-16-23(15-36)21-7-9-22(10-8-21)29-38-18-41(40-29)24-11-13-25(14-12-24)45-32(33,34)35/h4-14,18-19,23,27,43H,16-17H2,1-3H3,(H,37,44). The number of aliphatic imine (C=N–C) groups is 1. The first kappa shape index (κ1) is 32.5. The first-order chi connectivity index (χ1) is 21.9. The van der Waals surface area contributed by atoms with Gasteiger partial charge in [-0.1, -0.05) is 62.0 Å². The number of nitriles is 1. The molecule has 2 unspecified atom stereocenters. The van der Waals surface area contributed by atoms with Crippen molar-refractivity contribution in [3.05, 3.63) is 89.7 Å². The summed E-state index contributed by atoms with van der Waals surface area (Å²) in [5.74, 6) is -0.0799. The smallest absolute Gasteiger partial charge is 0.406 e. The first-order valence-electron chi connectivity index (χ1n) is 14.3. The SMILES string of the molecule is Cc1cccc(N2C(=NC(=O)NCC(C#N)c3ccc(-c4ncn(-c5ccc(OC(F)(F)F)cc5)n4)cc3)SCC2O)c1C(C)C. The van der Waals surface area contributed by atoms with Crippen LogP contribution in [0.1, 0.15) is 42.4 Å². The number of aryl methyl sites for hydroxylation is 1. The van der Waals surface area contributed by atoms with Crippen molar-refractivity contribution in [3.63, 3.8) is 0 Å². The zero-order valence-corrected chi connectivity index (χ0v) is 25.9. The van der Waals surface area contributed by atoms with Crippen molar-refractivity contribution in [1.82, 2.24) is 20.1 Å². The van der Waals surface area contributed by atoms with Gasteiger partial charge in [0.1, 0.15) is 18.3 Å². The van der Waals surface area contributed by atoms with E-state index >= 15 is 0 Å². The lowest BCUT2D eigenvalue weighted by Gasteiger charge is -2.27. The maximum atomic E-state index is 12.9. The number of amidine groups is 1. The van der Waals surface area contributed by atoms with E-state index < -0.39 is 24.5 Å². The van der Waals surface area contributed by atoms with E-state index in [1.54, 1.807) is 29.2 Å². The van der Waals surface area contributed by atoms with Crippen molar-refractivity contribution in [1.29, 1.82) is 5.26 Å². The molecular formula is C32H30F3N7O3S. The fourth-order valence-corrected chi connectivity index (χ4v) is 6.09. The molecule has 1 aromatic heterocycles. The fourth-order valence-electron chi connectivity index (χ4n) is 5.14. The molecule has 0 radical (unpaired) electrons. The van der Waals surface area contributed by atoms with Gasteiger partial charge in [0.05, 0.1) is 17.7 Å². The lowest BCUT2D eigenvalue weighted by atomic mass is 9.95. The van der Waals surface area contributed by atoms with Crippen LogP contribution in [0.25, 0.3) is 17.1 Å². The summed E-state index contributed by atoms with van der Waals surface area (Å²) in [5.41, 5.74) is 4.76. The Morgan fingerprint density at radius 2 is 1.89 bits per heavy atom. The third kappa shape index (κ3) is 7.49. The van der Waals surface area contributed by atoms with E-state index in [9.17, 15) is 28.3 Å². The second kappa shape index (κ2) is 13.6. The van der Waals surface area contributed by atoms with E-state index in [4.69, 9.17) is 0 Å². The molecule has 238 valence electrons. The minimum atomic E-state index is -4.78. The van der Waals surface area contributed by atoms with Gasteiger partial charge in [0.2, 0.25) is 0 Å². The summed E-state index contributed by atoms with van der Waals surface area (Å²) in [6, 6.07) is 19.6. The van der Waals surface area contributed by atoms with Crippen LogP contribution in [0.3, 0.4) is 0 Å². The maximum absolute atomic E-state index is 12.9. The van der Waals surface area contributed by atoms with E-state index in [-0.39, 0.29) is 18.2 Å². The third-order valence-corrected chi connectivity index (χ3v) is 8.22. The average Bonchev–Trinajstić information content (AvgIpc) is 3.64. The minimum Gasteiger partial charge on any atom is -0.406 e. The molecule has 2 N–H and O–H groups in total. The molecule has 5 rings (SSSR count). The maximum Gasteiger partial charge on any atom is 0.573 e. The van der Waals surface area contributed by atoms with Crippen molar-refractivity contribution in [2.24, 2.45) is 4.99 Å². The van der Waals surface area contributed by atoms with Gasteiger partial charge in [-0.25, -0.2) is 14.5 Å². The van der Waals surface area contributed by atoms with Crippen LogP contribution in [0.5, 0.6) is 5.75 Å². The molecule has 2 heterocycles. The largest absolute Gasteiger partial charge is 0.573 e. The Kier molecular flexibility index (Phi) is 9.64. The molecule has 2 amide bonds. The predicted octanol–water partition coefficient (Wildman–Crippen LogP) is 6.51. The number of nitrogens with zero attached hydrogens (tertiary/aromatic N) is 6. The van der Waals surface area contributed by atoms with E-state index in [0.717, 1.165) is 16.8 Å². The Labute approximate surface area is 267 Å². The molecule has 1 aliphatic heterocycles. The lowest BCUT2D eigenvalue weighted by molar-refractivity contribution is -0.274. The van der Waals surface area contributed by atoms with Crippen LogP contribution in [-0.2, 0) is 0 Å². The van der Waals surface area contributed by atoms with E-state index in [2.05, 4.69) is 45.0 Å². The van der Waals surface area contributed by atoms with Crippen molar-refractivity contribution in [2.75, 3.05) is 17.2 Å². The number of aliphatic hydroxyl groups is 1. The van der Waals surface area contributed by atoms with Crippen LogP contribution in [0.4, 0.5) is 23.7 Å². The molecular weight excluding hydrogens is 619 g/mol. The first-order valence-corrected chi connectivity index (χ1v) is 15.3. The number of urea groups is 1. The van der Waals surface area contributed by atoms with Gasteiger partial charge in [-0.3, -0.25) is 4.90 Å². The van der Waals surface area contributed by atoms with Gasteiger partial charge in [0.25, 0.3) is 0 Å². The van der Waals surface area contributed by atoms with Crippen molar-refractivity contribution < 1.29 is 27.8 Å². The number of carbonyl (C=O) groups is 1. The molecule has 0 saturated carbocycles. The quantitative estimate of drug-likeness (QED) is 0.221. The van der Waals surface area contributed by atoms with Crippen molar-refractivity contribution >= 4 is 28.6 Å². The molecule has 2 atom stereocenters. The summed E-state index contributed by atoms with van der Waals surface area (Å²) < 4.78 is 42.6. The van der Waals surface area contributed by atoms with Gasteiger partial charge in [-0.15, -0.1) is 18.3 Å². The number of alkyl halides is 3. The van der Waals surface area contributed by atoms with Gasteiger partial charge in [-0.2, -0.15) is 10.3 Å². The highest BCUT2D eigenvalue weighted by Crippen LogP contribution is 2.36. The zero-order valence-electron chi connectivity index (χ0n) is 25.1.